The van der Waals surface area contributed by atoms with Crippen LogP contribution in [0.25, 0.3) is 0 Å². The zero-order valence-corrected chi connectivity index (χ0v) is 13.8. The summed E-state index contributed by atoms with van der Waals surface area (Å²) in [4.78, 5) is 24.2. The van der Waals surface area contributed by atoms with Gasteiger partial charge in [0, 0.05) is 4.47 Å². The van der Waals surface area contributed by atoms with E-state index in [1.54, 1.807) is 12.1 Å². The zero-order chi connectivity index (χ0) is 15.2. The number of nitrogens with one attached hydrogen (secondary N) is 2. The second-order valence-corrected chi connectivity index (χ2v) is 6.36. The first-order chi connectivity index (χ1) is 10.1. The van der Waals surface area contributed by atoms with Gasteiger partial charge in [0.25, 0.3) is 5.91 Å². The molecule has 2 rings (SSSR count). The highest BCUT2D eigenvalue weighted by atomic mass is 79.9. The lowest BCUT2D eigenvalue weighted by Gasteiger charge is -2.14. The lowest BCUT2D eigenvalue weighted by molar-refractivity contribution is -0.120. The number of benzene rings is 1. The van der Waals surface area contributed by atoms with Crippen LogP contribution in [-0.4, -0.2) is 18.4 Å². The van der Waals surface area contributed by atoms with Gasteiger partial charge in [0.1, 0.15) is 0 Å². The van der Waals surface area contributed by atoms with E-state index in [0.717, 1.165) is 10.0 Å². The molecule has 1 heterocycles. The third kappa shape index (κ3) is 4.68. The molecule has 2 aromatic rings. The Morgan fingerprint density at radius 2 is 1.95 bits per heavy atom. The molecule has 0 radical (unpaired) electrons. The first-order valence-electron chi connectivity index (χ1n) is 6.43. The van der Waals surface area contributed by atoms with Crippen molar-refractivity contribution in [2.75, 3.05) is 6.54 Å². The number of carbonyl (C=O) groups is 2. The number of carbonyl (C=O) groups excluding carboxylic acids is 2. The summed E-state index contributed by atoms with van der Waals surface area (Å²) in [6.07, 6.45) is 0. The Bertz CT molecular complexity index is 611. The summed E-state index contributed by atoms with van der Waals surface area (Å²) in [5.41, 5.74) is 1.01. The van der Waals surface area contributed by atoms with Gasteiger partial charge in [-0.05, 0) is 36.1 Å². The van der Waals surface area contributed by atoms with Crippen molar-refractivity contribution in [2.45, 2.75) is 13.0 Å². The molecular formula is C15H15BrN2O2S. The van der Waals surface area contributed by atoms with Crippen molar-refractivity contribution in [3.05, 3.63) is 56.7 Å². The second-order valence-electron chi connectivity index (χ2n) is 4.50. The predicted octanol–water partition coefficient (Wildman–Crippen LogP) is 3.12. The molecule has 0 aliphatic heterocycles. The summed E-state index contributed by atoms with van der Waals surface area (Å²) < 4.78 is 0.994. The van der Waals surface area contributed by atoms with Crippen LogP contribution in [0.5, 0.6) is 0 Å². The Labute approximate surface area is 135 Å². The molecule has 1 aromatic carbocycles. The van der Waals surface area contributed by atoms with Crippen LogP contribution in [0.4, 0.5) is 0 Å². The van der Waals surface area contributed by atoms with Gasteiger partial charge in [-0.15, -0.1) is 11.3 Å². The van der Waals surface area contributed by atoms with Gasteiger partial charge in [0.05, 0.1) is 17.5 Å². The molecule has 0 unspecified atom stereocenters. The highest BCUT2D eigenvalue weighted by Crippen LogP contribution is 2.16. The fourth-order valence-corrected chi connectivity index (χ4v) is 2.69. The summed E-state index contributed by atoms with van der Waals surface area (Å²) in [6.45, 7) is 1.87. The lowest BCUT2D eigenvalue weighted by atomic mass is 10.1. The maximum atomic E-state index is 11.8. The number of rotatable bonds is 5. The van der Waals surface area contributed by atoms with Crippen LogP contribution in [0.3, 0.4) is 0 Å². The number of hydrogen-bond donors (Lipinski definition) is 2. The Kier molecular flexibility index (Phi) is 5.52. The van der Waals surface area contributed by atoms with Crippen LogP contribution in [-0.2, 0) is 4.79 Å². The van der Waals surface area contributed by atoms with Gasteiger partial charge in [-0.25, -0.2) is 0 Å². The van der Waals surface area contributed by atoms with Gasteiger partial charge in [0.2, 0.25) is 5.91 Å². The predicted molar refractivity (Wildman–Crippen MR) is 87.4 cm³/mol. The summed E-state index contributed by atoms with van der Waals surface area (Å²) in [7, 11) is 0. The van der Waals surface area contributed by atoms with Crippen molar-refractivity contribution in [1.82, 2.24) is 10.6 Å². The molecule has 1 atom stereocenters. The molecule has 4 nitrogen and oxygen atoms in total. The molecule has 110 valence electrons. The van der Waals surface area contributed by atoms with E-state index < -0.39 is 0 Å². The SMILES string of the molecule is C[C@@H](NC(=O)CNC(=O)c1cccs1)c1ccc(Br)cc1. The van der Waals surface area contributed by atoms with Crippen molar-refractivity contribution < 1.29 is 9.59 Å². The number of hydrogen-bond acceptors (Lipinski definition) is 3. The van der Waals surface area contributed by atoms with E-state index in [2.05, 4.69) is 26.6 Å². The molecule has 21 heavy (non-hydrogen) atoms. The number of halogens is 1. The monoisotopic (exact) mass is 366 g/mol. The molecule has 0 aliphatic rings. The fourth-order valence-electron chi connectivity index (χ4n) is 1.78. The topological polar surface area (TPSA) is 58.2 Å². The molecular weight excluding hydrogens is 352 g/mol. The normalized spacial score (nSPS) is 11.7. The van der Waals surface area contributed by atoms with E-state index in [1.165, 1.54) is 11.3 Å². The first-order valence-corrected chi connectivity index (χ1v) is 8.10. The molecule has 1 aromatic heterocycles. The minimum Gasteiger partial charge on any atom is -0.348 e. The van der Waals surface area contributed by atoms with E-state index in [4.69, 9.17) is 0 Å². The average Bonchev–Trinajstić information content (AvgIpc) is 2.99. The first kappa shape index (κ1) is 15.7. The summed E-state index contributed by atoms with van der Waals surface area (Å²) in [5.74, 6) is -0.438. The Hall–Kier alpha value is -1.66. The molecule has 2 N–H and O–H groups in total. The smallest absolute Gasteiger partial charge is 0.261 e. The van der Waals surface area contributed by atoms with Crippen LogP contribution in [0.1, 0.15) is 28.2 Å². The fraction of sp³-hybridized carbons (Fsp3) is 0.200. The maximum absolute atomic E-state index is 11.8. The minimum absolute atomic E-state index is 0.0302. The van der Waals surface area contributed by atoms with E-state index in [1.807, 2.05) is 36.6 Å². The third-order valence-corrected chi connectivity index (χ3v) is 4.30. The van der Waals surface area contributed by atoms with Crippen LogP contribution in [0, 0.1) is 0 Å². The molecule has 0 bridgehead atoms. The molecule has 6 heteroatoms. The summed E-state index contributed by atoms with van der Waals surface area (Å²) in [6, 6.07) is 11.2. The van der Waals surface area contributed by atoms with E-state index in [0.29, 0.717) is 4.88 Å². The highest BCUT2D eigenvalue weighted by molar-refractivity contribution is 9.10. The van der Waals surface area contributed by atoms with E-state index in [-0.39, 0.29) is 24.4 Å². The van der Waals surface area contributed by atoms with E-state index in [9.17, 15) is 9.59 Å². The molecule has 0 aliphatic carbocycles. The molecule has 0 spiro atoms. The zero-order valence-electron chi connectivity index (χ0n) is 11.4. The third-order valence-electron chi connectivity index (χ3n) is 2.90. The molecule has 0 fully saturated rings. The quantitative estimate of drug-likeness (QED) is 0.853. The van der Waals surface area contributed by atoms with Crippen LogP contribution in [0.15, 0.2) is 46.3 Å². The van der Waals surface area contributed by atoms with Crippen LogP contribution in [0.2, 0.25) is 0 Å². The van der Waals surface area contributed by atoms with Crippen molar-refractivity contribution in [3.63, 3.8) is 0 Å². The standard InChI is InChI=1S/C15H15BrN2O2S/c1-10(11-4-6-12(16)7-5-11)18-14(19)9-17-15(20)13-3-2-8-21-13/h2-8,10H,9H2,1H3,(H,17,20)(H,18,19)/t10-/m1/s1. The van der Waals surface area contributed by atoms with Gasteiger partial charge in [-0.1, -0.05) is 34.1 Å². The Morgan fingerprint density at radius 1 is 1.24 bits per heavy atom. The minimum atomic E-state index is -0.226. The highest BCUT2D eigenvalue weighted by Gasteiger charge is 2.12. The van der Waals surface area contributed by atoms with Gasteiger partial charge >= 0.3 is 0 Å². The van der Waals surface area contributed by atoms with Crippen molar-refractivity contribution in [2.24, 2.45) is 0 Å². The Balaban J connectivity index is 1.81. The molecule has 0 saturated carbocycles. The molecule has 2 amide bonds. The lowest BCUT2D eigenvalue weighted by Crippen LogP contribution is -2.37. The van der Waals surface area contributed by atoms with Gasteiger partial charge < -0.3 is 10.6 Å². The summed E-state index contributed by atoms with van der Waals surface area (Å²) >= 11 is 4.72. The maximum Gasteiger partial charge on any atom is 0.261 e. The largest absolute Gasteiger partial charge is 0.348 e. The van der Waals surface area contributed by atoms with E-state index >= 15 is 0 Å². The van der Waals surface area contributed by atoms with Crippen molar-refractivity contribution in [1.29, 1.82) is 0 Å². The second kappa shape index (κ2) is 7.38. The Morgan fingerprint density at radius 3 is 2.57 bits per heavy atom. The van der Waals surface area contributed by atoms with Gasteiger partial charge in [0.15, 0.2) is 0 Å². The average molecular weight is 367 g/mol. The van der Waals surface area contributed by atoms with Crippen molar-refractivity contribution >= 4 is 39.1 Å². The van der Waals surface area contributed by atoms with Crippen LogP contribution < -0.4 is 10.6 Å². The molecule has 0 saturated heterocycles. The van der Waals surface area contributed by atoms with Gasteiger partial charge in [-0.2, -0.15) is 0 Å². The summed E-state index contributed by atoms with van der Waals surface area (Å²) in [5, 5.41) is 7.28. The number of amides is 2. The number of thiophene rings is 1. The van der Waals surface area contributed by atoms with Crippen LogP contribution >= 0.6 is 27.3 Å². The van der Waals surface area contributed by atoms with Crippen molar-refractivity contribution in [3.8, 4) is 0 Å². The van der Waals surface area contributed by atoms with Gasteiger partial charge in [-0.3, -0.25) is 9.59 Å².